The zero-order valence-corrected chi connectivity index (χ0v) is 11.3. The molecule has 1 aromatic heterocycles. The Labute approximate surface area is 108 Å². The summed E-state index contributed by atoms with van der Waals surface area (Å²) in [4.78, 5) is 4.13. The molecule has 0 aromatic carbocycles. The molecule has 100 valence electrons. The lowest BCUT2D eigenvalue weighted by molar-refractivity contribution is 0.243. The van der Waals surface area contributed by atoms with Crippen LogP contribution in [0.15, 0.2) is 29.4 Å². The Morgan fingerprint density at radius 3 is 2.94 bits per heavy atom. The second kappa shape index (κ2) is 5.34. The molecular weight excluding hydrogens is 250 g/mol. The van der Waals surface area contributed by atoms with Gasteiger partial charge in [-0.25, -0.2) is 8.42 Å². The summed E-state index contributed by atoms with van der Waals surface area (Å²) >= 11 is 0. The first kappa shape index (κ1) is 13.5. The largest absolute Gasteiger partial charge is 0.328 e. The maximum atomic E-state index is 12.4. The summed E-state index contributed by atoms with van der Waals surface area (Å²) in [5.74, 6) is 0.241. The Bertz CT molecular complexity index is 487. The smallest absolute Gasteiger partial charge is 0.244 e. The fourth-order valence-corrected chi connectivity index (χ4v) is 3.77. The first-order chi connectivity index (χ1) is 8.51. The van der Waals surface area contributed by atoms with Gasteiger partial charge in [0.2, 0.25) is 10.0 Å². The van der Waals surface area contributed by atoms with Crippen LogP contribution in [-0.2, 0) is 10.0 Å². The third kappa shape index (κ3) is 2.71. The van der Waals surface area contributed by atoms with Gasteiger partial charge in [-0.1, -0.05) is 0 Å². The number of sulfonamides is 1. The molecule has 0 saturated carbocycles. The Morgan fingerprint density at radius 1 is 1.56 bits per heavy atom. The van der Waals surface area contributed by atoms with Gasteiger partial charge in [-0.05, 0) is 37.8 Å². The third-order valence-electron chi connectivity index (χ3n) is 3.44. The Kier molecular flexibility index (Phi) is 3.99. The van der Waals surface area contributed by atoms with Crippen LogP contribution in [0.5, 0.6) is 0 Å². The van der Waals surface area contributed by atoms with Crippen LogP contribution >= 0.6 is 0 Å². The predicted molar refractivity (Wildman–Crippen MR) is 69.4 cm³/mol. The molecule has 1 aromatic rings. The van der Waals surface area contributed by atoms with E-state index in [1.807, 2.05) is 6.92 Å². The highest BCUT2D eigenvalue weighted by molar-refractivity contribution is 7.89. The van der Waals surface area contributed by atoms with E-state index in [9.17, 15) is 8.42 Å². The first-order valence-corrected chi connectivity index (χ1v) is 7.61. The van der Waals surface area contributed by atoms with Crippen LogP contribution in [-0.4, -0.2) is 36.8 Å². The molecule has 1 aliphatic rings. The van der Waals surface area contributed by atoms with Crippen LogP contribution in [0.3, 0.4) is 0 Å². The molecule has 5 nitrogen and oxygen atoms in total. The van der Waals surface area contributed by atoms with Crippen LogP contribution in [0, 0.1) is 5.92 Å². The summed E-state index contributed by atoms with van der Waals surface area (Å²) in [6, 6.07) is 3.24. The normalized spacial score (nSPS) is 23.8. The highest BCUT2D eigenvalue weighted by Gasteiger charge is 2.31. The van der Waals surface area contributed by atoms with Gasteiger partial charge < -0.3 is 5.73 Å². The number of hydrogen-bond acceptors (Lipinski definition) is 4. The molecule has 0 bridgehead atoms. The molecule has 2 atom stereocenters. The summed E-state index contributed by atoms with van der Waals surface area (Å²) < 4.78 is 26.3. The molecule has 0 amide bonds. The van der Waals surface area contributed by atoms with E-state index in [1.165, 1.54) is 10.5 Å². The average molecular weight is 269 g/mol. The van der Waals surface area contributed by atoms with Crippen LogP contribution in [0.4, 0.5) is 0 Å². The zero-order chi connectivity index (χ0) is 13.2. The van der Waals surface area contributed by atoms with Crippen molar-refractivity contribution in [1.82, 2.24) is 9.29 Å². The molecule has 2 N–H and O–H groups in total. The van der Waals surface area contributed by atoms with E-state index in [4.69, 9.17) is 5.73 Å². The maximum absolute atomic E-state index is 12.4. The summed E-state index contributed by atoms with van der Waals surface area (Å²) in [5, 5.41) is 0. The molecular formula is C12H19N3O2S. The molecule has 0 spiro atoms. The first-order valence-electron chi connectivity index (χ1n) is 6.17. The van der Waals surface area contributed by atoms with E-state index in [2.05, 4.69) is 4.98 Å². The summed E-state index contributed by atoms with van der Waals surface area (Å²) in [6.07, 6.45) is 4.83. The third-order valence-corrected chi connectivity index (χ3v) is 5.29. The van der Waals surface area contributed by atoms with Gasteiger partial charge in [-0.3, -0.25) is 4.98 Å². The van der Waals surface area contributed by atoms with Gasteiger partial charge in [0, 0.05) is 31.5 Å². The number of piperidine rings is 1. The predicted octanol–water partition coefficient (Wildman–Crippen LogP) is 0.829. The van der Waals surface area contributed by atoms with E-state index >= 15 is 0 Å². The van der Waals surface area contributed by atoms with Gasteiger partial charge in [0.25, 0.3) is 0 Å². The highest BCUT2D eigenvalue weighted by Crippen LogP contribution is 2.24. The van der Waals surface area contributed by atoms with Crippen molar-refractivity contribution in [3.8, 4) is 0 Å². The van der Waals surface area contributed by atoms with E-state index < -0.39 is 10.0 Å². The summed E-state index contributed by atoms with van der Waals surface area (Å²) in [5.41, 5.74) is 5.88. The minimum Gasteiger partial charge on any atom is -0.328 e. The van der Waals surface area contributed by atoms with Crippen LogP contribution < -0.4 is 5.73 Å². The van der Waals surface area contributed by atoms with Crippen molar-refractivity contribution in [3.63, 3.8) is 0 Å². The molecule has 2 heterocycles. The number of aromatic nitrogens is 1. The Morgan fingerprint density at radius 2 is 2.33 bits per heavy atom. The quantitative estimate of drug-likeness (QED) is 0.881. The fraction of sp³-hybridized carbons (Fsp3) is 0.583. The Balaban J connectivity index is 2.21. The molecule has 18 heavy (non-hydrogen) atoms. The van der Waals surface area contributed by atoms with E-state index in [0.717, 1.165) is 12.8 Å². The van der Waals surface area contributed by atoms with Gasteiger partial charge in [-0.15, -0.1) is 0 Å². The molecule has 0 unspecified atom stereocenters. The van der Waals surface area contributed by atoms with Gasteiger partial charge in [0.15, 0.2) is 0 Å². The second-order valence-electron chi connectivity index (χ2n) is 4.81. The van der Waals surface area contributed by atoms with Crippen molar-refractivity contribution in [1.29, 1.82) is 0 Å². The minimum atomic E-state index is -3.41. The fourth-order valence-electron chi connectivity index (χ4n) is 2.27. The molecule has 1 saturated heterocycles. The molecule has 1 fully saturated rings. The van der Waals surface area contributed by atoms with Crippen molar-refractivity contribution in [2.45, 2.75) is 30.7 Å². The average Bonchev–Trinajstić information content (AvgIpc) is 2.40. The Hall–Kier alpha value is -0.980. The number of nitrogens with two attached hydrogens (primary N) is 1. The molecule has 0 radical (unpaired) electrons. The minimum absolute atomic E-state index is 0.0249. The number of pyridine rings is 1. The monoisotopic (exact) mass is 269 g/mol. The SMILES string of the molecule is C[C@H](N)[C@@H]1CCCN(S(=O)(=O)c2cccnc2)C1. The highest BCUT2D eigenvalue weighted by atomic mass is 32.2. The standard InChI is InChI=1S/C12H19N3O2S/c1-10(13)11-4-3-7-15(9-11)18(16,17)12-5-2-6-14-8-12/h2,5-6,8,10-11H,3-4,7,9,13H2,1H3/t10-,11+/m0/s1. The van der Waals surface area contributed by atoms with Gasteiger partial charge >= 0.3 is 0 Å². The molecule has 6 heteroatoms. The van der Waals surface area contributed by atoms with Crippen molar-refractivity contribution in [2.75, 3.05) is 13.1 Å². The van der Waals surface area contributed by atoms with Gasteiger partial charge in [0.05, 0.1) is 0 Å². The summed E-state index contributed by atoms with van der Waals surface area (Å²) in [7, 11) is -3.41. The number of rotatable bonds is 3. The second-order valence-corrected chi connectivity index (χ2v) is 6.75. The van der Waals surface area contributed by atoms with Crippen LogP contribution in [0.1, 0.15) is 19.8 Å². The molecule has 2 rings (SSSR count). The lowest BCUT2D eigenvalue weighted by Gasteiger charge is -2.33. The molecule has 1 aliphatic heterocycles. The maximum Gasteiger partial charge on any atom is 0.244 e. The van der Waals surface area contributed by atoms with E-state index in [0.29, 0.717) is 13.1 Å². The van der Waals surface area contributed by atoms with Crippen molar-refractivity contribution >= 4 is 10.0 Å². The van der Waals surface area contributed by atoms with Crippen molar-refractivity contribution < 1.29 is 8.42 Å². The van der Waals surface area contributed by atoms with Gasteiger partial charge in [0.1, 0.15) is 4.90 Å². The lowest BCUT2D eigenvalue weighted by atomic mass is 9.93. The van der Waals surface area contributed by atoms with Crippen molar-refractivity contribution in [3.05, 3.63) is 24.5 Å². The van der Waals surface area contributed by atoms with Crippen LogP contribution in [0.25, 0.3) is 0 Å². The van der Waals surface area contributed by atoms with Gasteiger partial charge in [-0.2, -0.15) is 4.31 Å². The summed E-state index contributed by atoms with van der Waals surface area (Å²) in [6.45, 7) is 3.01. The van der Waals surface area contributed by atoms with Crippen molar-refractivity contribution in [2.24, 2.45) is 11.7 Å². The number of nitrogens with zero attached hydrogens (tertiary/aromatic N) is 2. The topological polar surface area (TPSA) is 76.3 Å². The van der Waals surface area contributed by atoms with E-state index in [1.54, 1.807) is 18.3 Å². The number of hydrogen-bond donors (Lipinski definition) is 1. The lowest BCUT2D eigenvalue weighted by Crippen LogP contribution is -2.44. The molecule has 0 aliphatic carbocycles. The van der Waals surface area contributed by atoms with E-state index in [-0.39, 0.29) is 16.9 Å². The van der Waals surface area contributed by atoms with Crippen LogP contribution in [0.2, 0.25) is 0 Å². The zero-order valence-electron chi connectivity index (χ0n) is 10.5.